The first kappa shape index (κ1) is 15.9. The van der Waals surface area contributed by atoms with E-state index in [9.17, 15) is 5.11 Å². The Morgan fingerprint density at radius 3 is 2.17 bits per heavy atom. The summed E-state index contributed by atoms with van der Waals surface area (Å²) in [6.45, 7) is 6.75. The van der Waals surface area contributed by atoms with Crippen LogP contribution < -0.4 is 4.74 Å². The molecule has 23 heavy (non-hydrogen) atoms. The number of para-hydroxylation sites is 1. The molecule has 2 aromatic rings. The second-order valence-corrected chi connectivity index (χ2v) is 6.66. The van der Waals surface area contributed by atoms with Crippen LogP contribution in [0.3, 0.4) is 0 Å². The third-order valence-electron chi connectivity index (χ3n) is 5.71. The summed E-state index contributed by atoms with van der Waals surface area (Å²) >= 11 is 0. The van der Waals surface area contributed by atoms with Crippen molar-refractivity contribution in [3.05, 3.63) is 59.7 Å². The lowest BCUT2D eigenvalue weighted by Crippen LogP contribution is -2.45. The molecule has 2 nitrogen and oxygen atoms in total. The van der Waals surface area contributed by atoms with E-state index in [0.29, 0.717) is 5.75 Å². The van der Waals surface area contributed by atoms with E-state index in [1.807, 2.05) is 12.1 Å². The number of benzene rings is 2. The highest BCUT2D eigenvalue weighted by molar-refractivity contribution is 5.45. The predicted octanol–water partition coefficient (Wildman–Crippen LogP) is 5.54. The van der Waals surface area contributed by atoms with Crippen LogP contribution in [0.2, 0.25) is 0 Å². The maximum atomic E-state index is 9.62. The molecule has 1 N–H and O–H groups in total. The molecule has 0 fully saturated rings. The number of hydrogen-bond acceptors (Lipinski definition) is 2. The molecule has 0 aromatic heterocycles. The summed E-state index contributed by atoms with van der Waals surface area (Å²) < 4.78 is 6.57. The van der Waals surface area contributed by atoms with E-state index >= 15 is 0 Å². The third kappa shape index (κ3) is 2.50. The van der Waals surface area contributed by atoms with Crippen molar-refractivity contribution in [2.75, 3.05) is 0 Å². The fourth-order valence-electron chi connectivity index (χ4n) is 4.09. The lowest BCUT2D eigenvalue weighted by Gasteiger charge is -2.48. The summed E-state index contributed by atoms with van der Waals surface area (Å²) in [5, 5.41) is 9.62. The van der Waals surface area contributed by atoms with Gasteiger partial charge in [0.05, 0.1) is 0 Å². The summed E-state index contributed by atoms with van der Waals surface area (Å²) in [5.74, 6) is 1.31. The molecule has 0 amide bonds. The van der Waals surface area contributed by atoms with Crippen LogP contribution in [0.25, 0.3) is 0 Å². The topological polar surface area (TPSA) is 29.5 Å². The van der Waals surface area contributed by atoms with Crippen molar-refractivity contribution in [2.24, 2.45) is 0 Å². The summed E-state index contributed by atoms with van der Waals surface area (Å²) in [5.41, 5.74) is 2.31. The summed E-state index contributed by atoms with van der Waals surface area (Å²) in [6.07, 6.45) is 4.09. The maximum absolute atomic E-state index is 9.62. The standard InChI is InChI=1S/C21H26O2/c1-4-20(5-2)15-21(6-3,16-11-13-17(22)14-12-16)23-19-10-8-7-9-18(19)20/h7-14,22H,4-6,15H2,1-3H3. The van der Waals surface area contributed by atoms with Gasteiger partial charge in [0.15, 0.2) is 0 Å². The smallest absolute Gasteiger partial charge is 0.135 e. The molecule has 122 valence electrons. The molecule has 0 aliphatic carbocycles. The molecule has 0 bridgehead atoms. The first-order chi connectivity index (χ1) is 11.1. The van der Waals surface area contributed by atoms with E-state index in [4.69, 9.17) is 4.74 Å². The summed E-state index contributed by atoms with van der Waals surface area (Å²) in [4.78, 5) is 0. The summed E-state index contributed by atoms with van der Waals surface area (Å²) in [6, 6.07) is 16.0. The van der Waals surface area contributed by atoms with Gasteiger partial charge in [-0.2, -0.15) is 0 Å². The first-order valence-electron chi connectivity index (χ1n) is 8.67. The number of hydrogen-bond donors (Lipinski definition) is 1. The van der Waals surface area contributed by atoms with Crippen LogP contribution in [0.1, 0.15) is 57.6 Å². The molecule has 0 radical (unpaired) electrons. The highest BCUT2D eigenvalue weighted by atomic mass is 16.5. The van der Waals surface area contributed by atoms with E-state index in [2.05, 4.69) is 45.0 Å². The van der Waals surface area contributed by atoms with Crippen LogP contribution >= 0.6 is 0 Å². The maximum Gasteiger partial charge on any atom is 0.135 e. The first-order valence-corrected chi connectivity index (χ1v) is 8.67. The Labute approximate surface area is 139 Å². The van der Waals surface area contributed by atoms with E-state index in [-0.39, 0.29) is 11.0 Å². The summed E-state index contributed by atoms with van der Waals surface area (Å²) in [7, 11) is 0. The van der Waals surface area contributed by atoms with Gasteiger partial charge in [-0.15, -0.1) is 0 Å². The Hall–Kier alpha value is -1.96. The van der Waals surface area contributed by atoms with Crippen molar-refractivity contribution in [3.8, 4) is 11.5 Å². The van der Waals surface area contributed by atoms with Gasteiger partial charge in [0, 0.05) is 17.4 Å². The number of fused-ring (bicyclic) bond motifs is 1. The van der Waals surface area contributed by atoms with Gasteiger partial charge in [0.2, 0.25) is 0 Å². The zero-order valence-electron chi connectivity index (χ0n) is 14.3. The third-order valence-corrected chi connectivity index (χ3v) is 5.71. The van der Waals surface area contributed by atoms with Crippen LogP contribution in [0.5, 0.6) is 11.5 Å². The predicted molar refractivity (Wildman–Crippen MR) is 94.0 cm³/mol. The van der Waals surface area contributed by atoms with Gasteiger partial charge in [-0.25, -0.2) is 0 Å². The van der Waals surface area contributed by atoms with E-state index in [1.54, 1.807) is 12.1 Å². The normalized spacial score (nSPS) is 22.2. The minimum absolute atomic E-state index is 0.142. The molecule has 1 unspecified atom stereocenters. The van der Waals surface area contributed by atoms with Crippen LogP contribution in [-0.4, -0.2) is 5.11 Å². The molecule has 2 heteroatoms. The zero-order valence-corrected chi connectivity index (χ0v) is 14.3. The molecule has 1 aliphatic rings. The van der Waals surface area contributed by atoms with Crippen molar-refractivity contribution in [1.82, 2.24) is 0 Å². The molecular weight excluding hydrogens is 284 g/mol. The van der Waals surface area contributed by atoms with Crippen LogP contribution in [0, 0.1) is 0 Å². The number of phenols is 1. The SMILES string of the molecule is CCC1(CC)CC(CC)(c2ccc(O)cc2)Oc2ccccc21. The van der Waals surface area contributed by atoms with Gasteiger partial charge in [-0.3, -0.25) is 0 Å². The molecular formula is C21H26O2. The van der Waals surface area contributed by atoms with Gasteiger partial charge in [-0.1, -0.05) is 51.1 Å². The Morgan fingerprint density at radius 2 is 1.57 bits per heavy atom. The minimum Gasteiger partial charge on any atom is -0.508 e. The minimum atomic E-state index is -0.325. The van der Waals surface area contributed by atoms with Crippen molar-refractivity contribution < 1.29 is 9.84 Å². The van der Waals surface area contributed by atoms with E-state index in [1.165, 1.54) is 5.56 Å². The lowest BCUT2D eigenvalue weighted by molar-refractivity contribution is 0.000602. The fourth-order valence-corrected chi connectivity index (χ4v) is 4.09. The average Bonchev–Trinajstić information content (AvgIpc) is 2.61. The van der Waals surface area contributed by atoms with Gasteiger partial charge in [0.25, 0.3) is 0 Å². The average molecular weight is 310 g/mol. The molecule has 0 saturated carbocycles. The van der Waals surface area contributed by atoms with E-state index < -0.39 is 0 Å². The van der Waals surface area contributed by atoms with Crippen LogP contribution in [0.4, 0.5) is 0 Å². The second-order valence-electron chi connectivity index (χ2n) is 6.66. The largest absolute Gasteiger partial charge is 0.508 e. The highest BCUT2D eigenvalue weighted by Crippen LogP contribution is 2.53. The zero-order chi connectivity index (χ0) is 16.5. The van der Waals surface area contributed by atoms with Crippen LogP contribution in [0.15, 0.2) is 48.5 Å². The molecule has 1 atom stereocenters. The van der Waals surface area contributed by atoms with Crippen molar-refractivity contribution >= 4 is 0 Å². The molecule has 0 spiro atoms. The number of aromatic hydroxyl groups is 1. The molecule has 0 saturated heterocycles. The fraction of sp³-hybridized carbons (Fsp3) is 0.429. The van der Waals surface area contributed by atoms with Crippen molar-refractivity contribution in [3.63, 3.8) is 0 Å². The molecule has 2 aromatic carbocycles. The van der Waals surface area contributed by atoms with Gasteiger partial charge in [-0.05, 0) is 43.0 Å². The number of phenolic OH excluding ortho intramolecular Hbond substituents is 1. The van der Waals surface area contributed by atoms with Crippen LogP contribution in [-0.2, 0) is 11.0 Å². The van der Waals surface area contributed by atoms with Gasteiger partial charge < -0.3 is 9.84 Å². The molecule has 1 heterocycles. The monoisotopic (exact) mass is 310 g/mol. The Morgan fingerprint density at radius 1 is 0.913 bits per heavy atom. The van der Waals surface area contributed by atoms with E-state index in [0.717, 1.165) is 37.0 Å². The lowest BCUT2D eigenvalue weighted by atomic mass is 9.64. The number of rotatable bonds is 4. The Kier molecular flexibility index (Phi) is 4.09. The second kappa shape index (κ2) is 5.92. The highest BCUT2D eigenvalue weighted by Gasteiger charge is 2.47. The molecule has 3 rings (SSSR count). The Bertz CT molecular complexity index is 670. The van der Waals surface area contributed by atoms with Crippen molar-refractivity contribution in [1.29, 1.82) is 0 Å². The Balaban J connectivity index is 2.16. The van der Waals surface area contributed by atoms with Gasteiger partial charge >= 0.3 is 0 Å². The quantitative estimate of drug-likeness (QED) is 0.803. The van der Waals surface area contributed by atoms with Crippen molar-refractivity contribution in [2.45, 2.75) is 57.5 Å². The number of ether oxygens (including phenoxy) is 1. The van der Waals surface area contributed by atoms with Gasteiger partial charge in [0.1, 0.15) is 17.1 Å². The molecule has 1 aliphatic heterocycles.